The second kappa shape index (κ2) is 13.8. The molecule has 1 unspecified atom stereocenters. The lowest BCUT2D eigenvalue weighted by Crippen LogP contribution is -2.23. The van der Waals surface area contributed by atoms with Gasteiger partial charge < -0.3 is 24.0 Å². The number of hydrogen-bond donors (Lipinski definition) is 0. The fourth-order valence-electron chi connectivity index (χ4n) is 3.14. The lowest BCUT2D eigenvalue weighted by molar-refractivity contribution is -0.114. The molecule has 1 rings (SSSR count). The van der Waals surface area contributed by atoms with Crippen LogP contribution in [0.1, 0.15) is 33.6 Å². The van der Waals surface area contributed by atoms with E-state index in [9.17, 15) is 4.79 Å². The largest absolute Gasteiger partial charge is 0.501 e. The summed E-state index contributed by atoms with van der Waals surface area (Å²) in [7, 11) is 9.00. The Labute approximate surface area is 194 Å². The summed E-state index contributed by atoms with van der Waals surface area (Å²) in [5.74, 6) is 1.42. The molecule has 0 saturated heterocycles. The highest BCUT2D eigenvalue weighted by molar-refractivity contribution is 6.01. The fraction of sp³-hybridized carbons (Fsp3) is 0.500. The monoisotopic (exact) mass is 444 g/mol. The minimum atomic E-state index is -0.0682. The van der Waals surface area contributed by atoms with Crippen molar-refractivity contribution in [2.24, 2.45) is 0 Å². The van der Waals surface area contributed by atoms with Crippen LogP contribution < -0.4 is 0 Å². The van der Waals surface area contributed by atoms with E-state index in [0.717, 1.165) is 42.1 Å². The summed E-state index contributed by atoms with van der Waals surface area (Å²) < 4.78 is 16.2. The number of carbonyl (C=O) groups is 1. The summed E-state index contributed by atoms with van der Waals surface area (Å²) in [5, 5.41) is 0. The van der Waals surface area contributed by atoms with Gasteiger partial charge in [-0.05, 0) is 65.6 Å². The summed E-state index contributed by atoms with van der Waals surface area (Å²) in [5.41, 5.74) is 3.09. The first-order valence-corrected chi connectivity index (χ1v) is 10.9. The highest BCUT2D eigenvalue weighted by Crippen LogP contribution is 2.31. The van der Waals surface area contributed by atoms with Crippen LogP contribution in [0.3, 0.4) is 0 Å². The lowest BCUT2D eigenvalue weighted by atomic mass is 9.98. The smallest absolute Gasteiger partial charge is 0.169 e. The van der Waals surface area contributed by atoms with E-state index in [2.05, 4.69) is 30.5 Å². The number of carbonyl (C=O) groups excluding carboxylic acids is 1. The summed E-state index contributed by atoms with van der Waals surface area (Å²) in [6, 6.07) is 0. The molecule has 0 fully saturated rings. The molecule has 0 aromatic heterocycles. The molecule has 0 amide bonds. The molecular formula is C26H40N2O4. The third kappa shape index (κ3) is 8.52. The molecule has 0 spiro atoms. The Morgan fingerprint density at radius 3 is 2.47 bits per heavy atom. The Bertz CT molecular complexity index is 816. The zero-order chi connectivity index (χ0) is 24.3. The molecule has 0 saturated carbocycles. The van der Waals surface area contributed by atoms with Crippen molar-refractivity contribution in [2.75, 3.05) is 48.5 Å². The van der Waals surface area contributed by atoms with Gasteiger partial charge >= 0.3 is 0 Å². The van der Waals surface area contributed by atoms with Gasteiger partial charge in [-0.15, -0.1) is 0 Å². The van der Waals surface area contributed by atoms with Crippen molar-refractivity contribution in [3.63, 3.8) is 0 Å². The molecule has 0 bridgehead atoms. The number of hydrogen-bond acceptors (Lipinski definition) is 6. The minimum Gasteiger partial charge on any atom is -0.501 e. The quantitative estimate of drug-likeness (QED) is 0.343. The molecule has 0 N–H and O–H groups in total. The SMILES string of the molecule is C=C1/C(=C(\C=C/C(C)OC)OC)CC(=O)C(/C(C)=C/C=C(\C)OC)=CN1CCCN(C)C. The topological polar surface area (TPSA) is 51.2 Å². The van der Waals surface area contributed by atoms with Gasteiger partial charge in [-0.1, -0.05) is 18.7 Å². The average molecular weight is 445 g/mol. The average Bonchev–Trinajstić information content (AvgIpc) is 2.88. The summed E-state index contributed by atoms with van der Waals surface area (Å²) in [6.07, 6.45) is 10.5. The van der Waals surface area contributed by atoms with E-state index in [0.29, 0.717) is 11.3 Å². The Morgan fingerprint density at radius 1 is 1.22 bits per heavy atom. The van der Waals surface area contributed by atoms with Gasteiger partial charge in [-0.2, -0.15) is 0 Å². The van der Waals surface area contributed by atoms with Crippen LogP contribution in [-0.4, -0.2) is 70.2 Å². The predicted molar refractivity (Wildman–Crippen MR) is 131 cm³/mol. The van der Waals surface area contributed by atoms with E-state index >= 15 is 0 Å². The maximum Gasteiger partial charge on any atom is 0.169 e. The molecule has 1 heterocycles. The van der Waals surface area contributed by atoms with Gasteiger partial charge in [0.05, 0.1) is 26.1 Å². The number of ether oxygens (including phenoxy) is 3. The van der Waals surface area contributed by atoms with Crippen molar-refractivity contribution < 1.29 is 19.0 Å². The third-order valence-electron chi connectivity index (χ3n) is 5.34. The van der Waals surface area contributed by atoms with E-state index in [1.165, 1.54) is 0 Å². The number of allylic oxidation sites excluding steroid dienone is 7. The number of Topliss-reactive ketones (excluding diaryl/α,β-unsaturated/α-hetero) is 1. The van der Waals surface area contributed by atoms with Gasteiger partial charge in [0.15, 0.2) is 5.78 Å². The molecule has 1 atom stereocenters. The van der Waals surface area contributed by atoms with Crippen molar-refractivity contribution in [1.29, 1.82) is 0 Å². The Morgan fingerprint density at radius 2 is 1.91 bits per heavy atom. The van der Waals surface area contributed by atoms with Crippen molar-refractivity contribution in [3.05, 3.63) is 71.0 Å². The number of rotatable bonds is 11. The second-order valence-electron chi connectivity index (χ2n) is 8.12. The summed E-state index contributed by atoms with van der Waals surface area (Å²) >= 11 is 0. The van der Waals surface area contributed by atoms with Crippen molar-refractivity contribution in [1.82, 2.24) is 9.80 Å². The third-order valence-corrected chi connectivity index (χ3v) is 5.34. The van der Waals surface area contributed by atoms with Gasteiger partial charge in [0.1, 0.15) is 5.76 Å². The molecular weight excluding hydrogens is 404 g/mol. The van der Waals surface area contributed by atoms with Gasteiger partial charge in [-0.3, -0.25) is 4.79 Å². The van der Waals surface area contributed by atoms with Crippen molar-refractivity contribution in [3.8, 4) is 0 Å². The molecule has 1 aliphatic heterocycles. The zero-order valence-corrected chi connectivity index (χ0v) is 21.0. The van der Waals surface area contributed by atoms with E-state index in [1.54, 1.807) is 21.3 Å². The van der Waals surface area contributed by atoms with E-state index in [4.69, 9.17) is 14.2 Å². The molecule has 0 aromatic carbocycles. The molecule has 0 radical (unpaired) electrons. The first-order valence-electron chi connectivity index (χ1n) is 10.9. The molecule has 0 aliphatic carbocycles. The Kier molecular flexibility index (Phi) is 11.8. The molecule has 6 nitrogen and oxygen atoms in total. The highest BCUT2D eigenvalue weighted by Gasteiger charge is 2.25. The van der Waals surface area contributed by atoms with Crippen molar-refractivity contribution >= 4 is 5.78 Å². The standard InChI is InChI=1S/C26H40N2O4/c1-19(11-12-20(2)30-7)24-18-28(16-10-15-27(5)6)22(4)23(17-25(24)29)26(32-9)14-13-21(3)31-8/h11-14,18,21H,4,10,15-17H2,1-3,5-9H3/b14-13-,19-11+,20-12+,26-23+. The van der Waals surface area contributed by atoms with Crippen molar-refractivity contribution in [2.45, 2.75) is 39.7 Å². The van der Waals surface area contributed by atoms with E-state index < -0.39 is 0 Å². The lowest BCUT2D eigenvalue weighted by Gasteiger charge is -2.25. The van der Waals surface area contributed by atoms with Crippen LogP contribution in [0.15, 0.2) is 71.0 Å². The molecule has 178 valence electrons. The summed E-state index contributed by atoms with van der Waals surface area (Å²) in [4.78, 5) is 17.5. The number of ketones is 1. The van der Waals surface area contributed by atoms with Crippen LogP contribution in [0.4, 0.5) is 0 Å². The Hall–Kier alpha value is -2.57. The maximum absolute atomic E-state index is 13.3. The first-order chi connectivity index (χ1) is 15.1. The minimum absolute atomic E-state index is 0.0243. The molecule has 1 aliphatic rings. The van der Waals surface area contributed by atoms with Gasteiger partial charge in [0.2, 0.25) is 0 Å². The molecule has 32 heavy (non-hydrogen) atoms. The second-order valence-corrected chi connectivity index (χ2v) is 8.12. The maximum atomic E-state index is 13.3. The van der Waals surface area contributed by atoms with E-state index in [-0.39, 0.29) is 18.3 Å². The van der Waals surface area contributed by atoms with Gasteiger partial charge in [-0.25, -0.2) is 0 Å². The number of methoxy groups -OCH3 is 3. The van der Waals surface area contributed by atoms with E-state index in [1.807, 2.05) is 51.3 Å². The Balaban J connectivity index is 3.44. The summed E-state index contributed by atoms with van der Waals surface area (Å²) in [6.45, 7) is 11.8. The fourth-order valence-corrected chi connectivity index (χ4v) is 3.14. The number of nitrogens with zero attached hydrogens (tertiary/aromatic N) is 2. The van der Waals surface area contributed by atoms with Crippen LogP contribution in [0, 0.1) is 0 Å². The molecule has 6 heteroatoms. The van der Waals surface area contributed by atoms with Crippen LogP contribution in [0.25, 0.3) is 0 Å². The van der Waals surface area contributed by atoms with Crippen LogP contribution >= 0.6 is 0 Å². The highest BCUT2D eigenvalue weighted by atomic mass is 16.5. The van der Waals surface area contributed by atoms with Crippen LogP contribution in [-0.2, 0) is 19.0 Å². The van der Waals surface area contributed by atoms with Gasteiger partial charge in [0.25, 0.3) is 0 Å². The predicted octanol–water partition coefficient (Wildman–Crippen LogP) is 4.60. The zero-order valence-electron chi connectivity index (χ0n) is 21.0. The van der Waals surface area contributed by atoms with Crippen LogP contribution in [0.5, 0.6) is 0 Å². The van der Waals surface area contributed by atoms with Crippen LogP contribution in [0.2, 0.25) is 0 Å². The molecule has 0 aromatic rings. The van der Waals surface area contributed by atoms with Gasteiger partial charge in [0, 0.05) is 43.1 Å². The normalized spacial score (nSPS) is 18.8. The first kappa shape index (κ1) is 27.5.